The summed E-state index contributed by atoms with van der Waals surface area (Å²) in [5.74, 6) is -0.107. The summed E-state index contributed by atoms with van der Waals surface area (Å²) in [5.41, 5.74) is 0. The lowest BCUT2D eigenvalue weighted by atomic mass is 10.4. The fourth-order valence-corrected chi connectivity index (χ4v) is 0.998. The molecule has 0 spiro atoms. The molecular weight excluding hydrogens is 180 g/mol. The van der Waals surface area contributed by atoms with Gasteiger partial charge in [-0.25, -0.2) is 0 Å². The highest BCUT2D eigenvalue weighted by atomic mass is 16.5. The van der Waals surface area contributed by atoms with Gasteiger partial charge in [0.15, 0.2) is 0 Å². The van der Waals surface area contributed by atoms with Gasteiger partial charge >= 0.3 is 5.97 Å². The summed E-state index contributed by atoms with van der Waals surface area (Å²) in [4.78, 5) is 15.3. The van der Waals surface area contributed by atoms with E-state index in [2.05, 4.69) is 9.80 Å². The van der Waals surface area contributed by atoms with E-state index in [-0.39, 0.29) is 5.97 Å². The van der Waals surface area contributed by atoms with Gasteiger partial charge in [0, 0.05) is 19.6 Å². The van der Waals surface area contributed by atoms with Gasteiger partial charge in [-0.1, -0.05) is 0 Å². The lowest BCUT2D eigenvalue weighted by Gasteiger charge is -2.18. The minimum atomic E-state index is -0.107. The van der Waals surface area contributed by atoms with E-state index in [1.54, 1.807) is 0 Å². The zero-order valence-corrected chi connectivity index (χ0v) is 9.75. The molecule has 0 unspecified atom stereocenters. The molecule has 0 N–H and O–H groups in total. The summed E-state index contributed by atoms with van der Waals surface area (Å²) in [5, 5.41) is 0. The first-order valence-corrected chi connectivity index (χ1v) is 5.05. The summed E-state index contributed by atoms with van der Waals surface area (Å²) in [6, 6.07) is 0. The van der Waals surface area contributed by atoms with Crippen LogP contribution in [-0.2, 0) is 9.53 Å². The van der Waals surface area contributed by atoms with Crippen LogP contribution >= 0.6 is 0 Å². The second kappa shape index (κ2) is 7.76. The van der Waals surface area contributed by atoms with Crippen LogP contribution in [0.15, 0.2) is 0 Å². The Kier molecular flexibility index (Phi) is 7.42. The van der Waals surface area contributed by atoms with E-state index in [9.17, 15) is 4.79 Å². The fourth-order valence-electron chi connectivity index (χ4n) is 0.998. The highest BCUT2D eigenvalue weighted by Crippen LogP contribution is 1.91. The van der Waals surface area contributed by atoms with Crippen LogP contribution in [-0.4, -0.2) is 63.2 Å². The number of likely N-dealkylation sites (N-methyl/N-ethyl adjacent to an activating group) is 2. The quantitative estimate of drug-likeness (QED) is 0.561. The van der Waals surface area contributed by atoms with Gasteiger partial charge in [0.05, 0.1) is 13.0 Å². The van der Waals surface area contributed by atoms with Gasteiger partial charge in [0.2, 0.25) is 0 Å². The number of carbonyl (C=O) groups excluding carboxylic acids is 1. The number of hydrogen-bond acceptors (Lipinski definition) is 4. The molecule has 0 heterocycles. The lowest BCUT2D eigenvalue weighted by molar-refractivity contribution is -0.143. The molecule has 0 aromatic rings. The molecule has 4 heteroatoms. The first-order chi connectivity index (χ1) is 6.56. The van der Waals surface area contributed by atoms with Gasteiger partial charge < -0.3 is 14.5 Å². The Bertz CT molecular complexity index is 160. The Morgan fingerprint density at radius 3 is 2.29 bits per heavy atom. The maximum absolute atomic E-state index is 11.0. The van der Waals surface area contributed by atoms with Crippen LogP contribution in [0.1, 0.15) is 13.3 Å². The van der Waals surface area contributed by atoms with E-state index in [1.165, 1.54) is 0 Å². The normalized spacial score (nSPS) is 11.0. The highest BCUT2D eigenvalue weighted by molar-refractivity contribution is 5.69. The van der Waals surface area contributed by atoms with Gasteiger partial charge in [0.1, 0.15) is 0 Å². The number of hydrogen-bond donors (Lipinski definition) is 0. The van der Waals surface area contributed by atoms with Gasteiger partial charge in [0.25, 0.3) is 0 Å². The molecule has 0 aliphatic rings. The maximum Gasteiger partial charge on any atom is 0.307 e. The van der Waals surface area contributed by atoms with Crippen LogP contribution < -0.4 is 0 Å². The predicted molar refractivity (Wildman–Crippen MR) is 57.3 cm³/mol. The number of carbonyl (C=O) groups is 1. The third-order valence-electron chi connectivity index (χ3n) is 1.93. The van der Waals surface area contributed by atoms with Crippen LogP contribution in [0.2, 0.25) is 0 Å². The van der Waals surface area contributed by atoms with E-state index >= 15 is 0 Å². The molecular formula is C10H22N2O2. The number of ether oxygens (including phenoxy) is 1. The number of esters is 1. The molecule has 0 atom stereocenters. The van der Waals surface area contributed by atoms with Crippen molar-refractivity contribution in [3.63, 3.8) is 0 Å². The summed E-state index contributed by atoms with van der Waals surface area (Å²) < 4.78 is 4.84. The number of nitrogens with zero attached hydrogens (tertiary/aromatic N) is 2. The van der Waals surface area contributed by atoms with Crippen LogP contribution in [0.4, 0.5) is 0 Å². The predicted octanol–water partition coefficient (Wildman–Crippen LogP) is 0.433. The zero-order chi connectivity index (χ0) is 11.0. The molecule has 0 amide bonds. The topological polar surface area (TPSA) is 32.8 Å². The number of rotatable bonds is 7. The third kappa shape index (κ3) is 8.01. The van der Waals surface area contributed by atoms with E-state index in [4.69, 9.17) is 4.74 Å². The van der Waals surface area contributed by atoms with Crippen molar-refractivity contribution in [1.29, 1.82) is 0 Å². The van der Waals surface area contributed by atoms with Gasteiger partial charge in [-0.3, -0.25) is 4.79 Å². The molecule has 0 aliphatic heterocycles. The SMILES string of the molecule is CCOC(=O)CCN(C)CCN(C)C. The average molecular weight is 202 g/mol. The summed E-state index contributed by atoms with van der Waals surface area (Å²) in [6.45, 7) is 5.06. The lowest BCUT2D eigenvalue weighted by Crippen LogP contribution is -2.30. The molecule has 0 rings (SSSR count). The molecule has 0 aliphatic carbocycles. The molecule has 14 heavy (non-hydrogen) atoms. The van der Waals surface area contributed by atoms with Crippen molar-refractivity contribution in [2.75, 3.05) is 47.4 Å². The molecule has 0 radical (unpaired) electrons. The van der Waals surface area contributed by atoms with E-state index in [1.807, 2.05) is 28.1 Å². The van der Waals surface area contributed by atoms with Crippen LogP contribution in [0.3, 0.4) is 0 Å². The smallest absolute Gasteiger partial charge is 0.307 e. The zero-order valence-electron chi connectivity index (χ0n) is 9.75. The van der Waals surface area contributed by atoms with Crippen molar-refractivity contribution in [3.8, 4) is 0 Å². The van der Waals surface area contributed by atoms with Crippen molar-refractivity contribution in [1.82, 2.24) is 9.80 Å². The first kappa shape index (κ1) is 13.4. The largest absolute Gasteiger partial charge is 0.466 e. The Morgan fingerprint density at radius 2 is 1.79 bits per heavy atom. The minimum Gasteiger partial charge on any atom is -0.466 e. The van der Waals surface area contributed by atoms with Crippen LogP contribution in [0.5, 0.6) is 0 Å². The second-order valence-electron chi connectivity index (χ2n) is 3.66. The van der Waals surface area contributed by atoms with E-state index < -0.39 is 0 Å². The summed E-state index contributed by atoms with van der Waals surface area (Å²) in [6.07, 6.45) is 0.484. The van der Waals surface area contributed by atoms with Gasteiger partial charge in [-0.2, -0.15) is 0 Å². The standard InChI is InChI=1S/C10H22N2O2/c1-5-14-10(13)6-7-12(4)9-8-11(2)3/h5-9H2,1-4H3. The van der Waals surface area contributed by atoms with Crippen molar-refractivity contribution in [2.45, 2.75) is 13.3 Å². The Hall–Kier alpha value is -0.610. The molecule has 4 nitrogen and oxygen atoms in total. The Labute approximate surface area is 86.8 Å². The van der Waals surface area contributed by atoms with Crippen molar-refractivity contribution >= 4 is 5.97 Å². The second-order valence-corrected chi connectivity index (χ2v) is 3.66. The van der Waals surface area contributed by atoms with Crippen molar-refractivity contribution in [2.24, 2.45) is 0 Å². The molecule has 0 bridgehead atoms. The minimum absolute atomic E-state index is 0.107. The summed E-state index contributed by atoms with van der Waals surface area (Å²) in [7, 11) is 6.10. The molecule has 0 saturated carbocycles. The summed E-state index contributed by atoms with van der Waals surface area (Å²) >= 11 is 0. The highest BCUT2D eigenvalue weighted by Gasteiger charge is 2.04. The van der Waals surface area contributed by atoms with Crippen molar-refractivity contribution in [3.05, 3.63) is 0 Å². The average Bonchev–Trinajstić information content (AvgIpc) is 2.12. The van der Waals surface area contributed by atoms with Gasteiger partial charge in [-0.15, -0.1) is 0 Å². The van der Waals surface area contributed by atoms with Gasteiger partial charge in [-0.05, 0) is 28.1 Å². The Balaban J connectivity index is 3.43. The van der Waals surface area contributed by atoms with E-state index in [0.717, 1.165) is 19.6 Å². The Morgan fingerprint density at radius 1 is 1.14 bits per heavy atom. The molecule has 0 fully saturated rings. The molecule has 0 aromatic carbocycles. The first-order valence-electron chi connectivity index (χ1n) is 5.05. The molecule has 0 saturated heterocycles. The fraction of sp³-hybridized carbons (Fsp3) is 0.900. The van der Waals surface area contributed by atoms with E-state index in [0.29, 0.717) is 13.0 Å². The third-order valence-corrected chi connectivity index (χ3v) is 1.93. The van der Waals surface area contributed by atoms with Crippen molar-refractivity contribution < 1.29 is 9.53 Å². The van der Waals surface area contributed by atoms with Crippen LogP contribution in [0, 0.1) is 0 Å². The van der Waals surface area contributed by atoms with Crippen LogP contribution in [0.25, 0.3) is 0 Å². The monoisotopic (exact) mass is 202 g/mol. The maximum atomic E-state index is 11.0. The molecule has 84 valence electrons. The molecule has 0 aromatic heterocycles.